The van der Waals surface area contributed by atoms with Crippen LogP contribution < -0.4 is 5.32 Å². The Morgan fingerprint density at radius 2 is 1.73 bits per heavy atom. The van der Waals surface area contributed by atoms with Crippen LogP contribution in [0.25, 0.3) is 0 Å². The Morgan fingerprint density at radius 1 is 1.07 bits per heavy atom. The van der Waals surface area contributed by atoms with Crippen molar-refractivity contribution in [3.05, 3.63) is 0 Å². The van der Waals surface area contributed by atoms with E-state index in [9.17, 15) is 13.2 Å². The molecule has 15 heavy (non-hydrogen) atoms. The quantitative estimate of drug-likeness (QED) is 0.725. The van der Waals surface area contributed by atoms with E-state index < -0.39 is 12.1 Å². The minimum Gasteiger partial charge on any atom is -0.317 e. The van der Waals surface area contributed by atoms with E-state index in [4.69, 9.17) is 0 Å². The zero-order valence-electron chi connectivity index (χ0n) is 8.69. The number of nitrogens with one attached hydrogen (secondary N) is 1. The maximum absolute atomic E-state index is 12.5. The fourth-order valence-electron chi connectivity index (χ4n) is 2.56. The Balaban J connectivity index is 1.86. The van der Waals surface area contributed by atoms with Crippen molar-refractivity contribution in [1.82, 2.24) is 10.2 Å². The van der Waals surface area contributed by atoms with Crippen molar-refractivity contribution in [1.29, 1.82) is 0 Å². The average molecular weight is 222 g/mol. The minimum absolute atomic E-state index is 0.216. The highest BCUT2D eigenvalue weighted by Gasteiger charge is 2.44. The van der Waals surface area contributed by atoms with Crippen LogP contribution in [0.1, 0.15) is 19.3 Å². The number of nitrogens with zero attached hydrogens (tertiary/aromatic N) is 1. The molecule has 0 aromatic carbocycles. The standard InChI is InChI=1S/C10H17F3N2/c11-10(12,13)8-3-6-15(7-8)9-1-4-14-5-2-9/h8-9,14H,1-7H2/t8-/m0/s1. The predicted molar refractivity (Wildman–Crippen MR) is 51.6 cm³/mol. The van der Waals surface area contributed by atoms with E-state index in [2.05, 4.69) is 5.32 Å². The Morgan fingerprint density at radius 3 is 2.27 bits per heavy atom. The first-order valence-corrected chi connectivity index (χ1v) is 5.59. The van der Waals surface area contributed by atoms with Gasteiger partial charge in [-0.2, -0.15) is 13.2 Å². The molecular weight excluding hydrogens is 205 g/mol. The number of piperidine rings is 1. The molecule has 0 unspecified atom stereocenters. The first kappa shape index (κ1) is 11.2. The van der Waals surface area contributed by atoms with E-state index in [0.717, 1.165) is 25.9 Å². The molecule has 0 aliphatic carbocycles. The maximum Gasteiger partial charge on any atom is 0.393 e. The number of likely N-dealkylation sites (tertiary alicyclic amines) is 1. The van der Waals surface area contributed by atoms with E-state index in [-0.39, 0.29) is 13.0 Å². The van der Waals surface area contributed by atoms with E-state index in [1.54, 1.807) is 0 Å². The van der Waals surface area contributed by atoms with Crippen LogP contribution in [0.3, 0.4) is 0 Å². The zero-order chi connectivity index (χ0) is 10.9. The summed E-state index contributed by atoms with van der Waals surface area (Å²) in [5, 5.41) is 3.23. The normalized spacial score (nSPS) is 31.0. The molecule has 0 amide bonds. The van der Waals surface area contributed by atoms with Gasteiger partial charge in [-0.3, -0.25) is 4.90 Å². The lowest BCUT2D eigenvalue weighted by Gasteiger charge is -2.31. The number of halogens is 3. The zero-order valence-corrected chi connectivity index (χ0v) is 8.69. The van der Waals surface area contributed by atoms with Gasteiger partial charge in [-0.15, -0.1) is 0 Å². The van der Waals surface area contributed by atoms with Crippen LogP contribution in [0.4, 0.5) is 13.2 Å². The molecule has 2 saturated heterocycles. The largest absolute Gasteiger partial charge is 0.393 e. The van der Waals surface area contributed by atoms with Crippen LogP contribution >= 0.6 is 0 Å². The van der Waals surface area contributed by atoms with E-state index in [1.165, 1.54) is 0 Å². The van der Waals surface area contributed by atoms with Gasteiger partial charge in [0.25, 0.3) is 0 Å². The third-order valence-corrected chi connectivity index (χ3v) is 3.51. The van der Waals surface area contributed by atoms with Gasteiger partial charge in [-0.05, 0) is 38.9 Å². The molecule has 2 aliphatic heterocycles. The molecule has 0 spiro atoms. The highest BCUT2D eigenvalue weighted by Crippen LogP contribution is 2.34. The van der Waals surface area contributed by atoms with Gasteiger partial charge >= 0.3 is 6.18 Å². The Hall–Kier alpha value is -0.290. The lowest BCUT2D eigenvalue weighted by Crippen LogP contribution is -2.42. The summed E-state index contributed by atoms with van der Waals surface area (Å²) in [5.74, 6) is -1.09. The molecule has 1 atom stereocenters. The summed E-state index contributed by atoms with van der Waals surface area (Å²) in [6.07, 6.45) is -1.73. The molecule has 2 nitrogen and oxygen atoms in total. The molecule has 88 valence electrons. The van der Waals surface area contributed by atoms with Crippen molar-refractivity contribution in [3.8, 4) is 0 Å². The van der Waals surface area contributed by atoms with Crippen LogP contribution in [0.2, 0.25) is 0 Å². The van der Waals surface area contributed by atoms with Crippen LogP contribution in [0.15, 0.2) is 0 Å². The summed E-state index contributed by atoms with van der Waals surface area (Å²) in [5.41, 5.74) is 0. The average Bonchev–Trinajstić information content (AvgIpc) is 2.67. The summed E-state index contributed by atoms with van der Waals surface area (Å²) >= 11 is 0. The van der Waals surface area contributed by atoms with Crippen molar-refractivity contribution < 1.29 is 13.2 Å². The molecule has 0 bridgehead atoms. The van der Waals surface area contributed by atoms with E-state index >= 15 is 0 Å². The van der Waals surface area contributed by atoms with Gasteiger partial charge < -0.3 is 5.32 Å². The third kappa shape index (κ3) is 2.64. The van der Waals surface area contributed by atoms with Crippen LogP contribution in [-0.2, 0) is 0 Å². The maximum atomic E-state index is 12.5. The van der Waals surface area contributed by atoms with Gasteiger partial charge in [0.05, 0.1) is 5.92 Å². The Labute approximate surface area is 87.8 Å². The lowest BCUT2D eigenvalue weighted by atomic mass is 10.1. The molecule has 5 heteroatoms. The van der Waals surface area contributed by atoms with Gasteiger partial charge in [-0.25, -0.2) is 0 Å². The summed E-state index contributed by atoms with van der Waals surface area (Å²) in [7, 11) is 0. The second-order valence-electron chi connectivity index (χ2n) is 4.50. The summed E-state index contributed by atoms with van der Waals surface area (Å²) in [6.45, 7) is 2.72. The van der Waals surface area contributed by atoms with Gasteiger partial charge in [0, 0.05) is 12.6 Å². The monoisotopic (exact) mass is 222 g/mol. The van der Waals surface area contributed by atoms with Crippen molar-refractivity contribution in [3.63, 3.8) is 0 Å². The molecule has 0 radical (unpaired) electrons. The van der Waals surface area contributed by atoms with E-state index in [1.807, 2.05) is 4.90 Å². The molecule has 1 N–H and O–H groups in total. The second-order valence-corrected chi connectivity index (χ2v) is 4.50. The topological polar surface area (TPSA) is 15.3 Å². The van der Waals surface area contributed by atoms with Crippen molar-refractivity contribution in [2.75, 3.05) is 26.2 Å². The molecular formula is C10H17F3N2. The fourth-order valence-corrected chi connectivity index (χ4v) is 2.56. The molecule has 2 aliphatic rings. The Kier molecular flexibility index (Phi) is 3.21. The van der Waals surface area contributed by atoms with Crippen LogP contribution in [0.5, 0.6) is 0 Å². The summed E-state index contributed by atoms with van der Waals surface area (Å²) < 4.78 is 37.4. The van der Waals surface area contributed by atoms with Crippen molar-refractivity contribution in [2.24, 2.45) is 5.92 Å². The van der Waals surface area contributed by atoms with Crippen LogP contribution in [-0.4, -0.2) is 43.3 Å². The molecule has 0 aromatic heterocycles. The van der Waals surface area contributed by atoms with Crippen molar-refractivity contribution in [2.45, 2.75) is 31.5 Å². The first-order chi connectivity index (χ1) is 7.07. The SMILES string of the molecule is FC(F)(F)[C@H]1CCN(C2CCNCC2)C1. The molecule has 0 aromatic rings. The van der Waals surface area contributed by atoms with Gasteiger partial charge in [-0.1, -0.05) is 0 Å². The summed E-state index contributed by atoms with van der Waals surface area (Å²) in [4.78, 5) is 2.03. The number of rotatable bonds is 1. The highest BCUT2D eigenvalue weighted by atomic mass is 19.4. The number of hydrogen-bond acceptors (Lipinski definition) is 2. The number of hydrogen-bond donors (Lipinski definition) is 1. The van der Waals surface area contributed by atoms with Crippen molar-refractivity contribution >= 4 is 0 Å². The number of alkyl halides is 3. The third-order valence-electron chi connectivity index (χ3n) is 3.51. The lowest BCUT2D eigenvalue weighted by molar-refractivity contribution is -0.171. The van der Waals surface area contributed by atoms with E-state index in [0.29, 0.717) is 12.6 Å². The molecule has 2 heterocycles. The predicted octanol–water partition coefficient (Wildman–Crippen LogP) is 1.62. The van der Waals surface area contributed by atoms with Gasteiger partial charge in [0.1, 0.15) is 0 Å². The van der Waals surface area contributed by atoms with Crippen LogP contribution in [0, 0.1) is 5.92 Å². The van der Waals surface area contributed by atoms with Gasteiger partial charge in [0.2, 0.25) is 0 Å². The smallest absolute Gasteiger partial charge is 0.317 e. The first-order valence-electron chi connectivity index (χ1n) is 5.59. The van der Waals surface area contributed by atoms with Gasteiger partial charge in [0.15, 0.2) is 0 Å². The molecule has 2 fully saturated rings. The highest BCUT2D eigenvalue weighted by molar-refractivity contribution is 4.86. The Bertz CT molecular complexity index is 211. The minimum atomic E-state index is -4.00. The fraction of sp³-hybridized carbons (Fsp3) is 1.00. The summed E-state index contributed by atoms with van der Waals surface area (Å²) in [6, 6.07) is 0.374. The molecule has 2 rings (SSSR count). The second kappa shape index (κ2) is 4.29. The molecule has 0 saturated carbocycles.